The minimum absolute atomic E-state index is 0.149. The molecule has 4 nitrogen and oxygen atoms in total. The summed E-state index contributed by atoms with van der Waals surface area (Å²) in [6.07, 6.45) is 0. The molecule has 0 spiro atoms. The average Bonchev–Trinajstić information content (AvgIpc) is 2.69. The van der Waals surface area contributed by atoms with E-state index in [4.69, 9.17) is 74.3 Å². The van der Waals surface area contributed by atoms with Gasteiger partial charge in [0.15, 0.2) is 17.5 Å². The summed E-state index contributed by atoms with van der Waals surface area (Å²) in [4.78, 5) is 12.7. The molecule has 30 heavy (non-hydrogen) atoms. The first-order chi connectivity index (χ1) is 14.1. The lowest BCUT2D eigenvalue weighted by Crippen LogP contribution is -2.16. The van der Waals surface area contributed by atoms with Crippen molar-refractivity contribution < 1.29 is 4.74 Å². The van der Waals surface area contributed by atoms with E-state index < -0.39 is 7.59 Å². The summed E-state index contributed by atoms with van der Waals surface area (Å²) in [6, 6.07) is 15.6. The summed E-state index contributed by atoms with van der Waals surface area (Å²) in [5.41, 5.74) is 0.643. The maximum Gasteiger partial charge on any atom is 0.250 e. The fourth-order valence-electron chi connectivity index (χ4n) is 3.13. The molecule has 4 rings (SSSR count). The first-order valence-corrected chi connectivity index (χ1v) is 10.7. The molecular weight excluding hydrogens is 511 g/mol. The Morgan fingerprint density at radius 1 is 0.700 bits per heavy atom. The fraction of sp³-hybridized carbons (Fsp3) is 0.150. The number of hydrogen-bond acceptors (Lipinski definition) is 4. The highest BCUT2D eigenvalue weighted by Gasteiger charge is 2.34. The van der Waals surface area contributed by atoms with Gasteiger partial charge < -0.3 is 4.74 Å². The van der Waals surface area contributed by atoms with Crippen LogP contribution in [0.3, 0.4) is 0 Å². The number of nitrogens with zero attached hydrogens (tertiary/aromatic N) is 3. The number of halogens is 6. The van der Waals surface area contributed by atoms with Crippen LogP contribution in [0.2, 0.25) is 0 Å². The van der Waals surface area contributed by atoms with E-state index in [-0.39, 0.29) is 17.5 Å². The number of methoxy groups -OCH3 is 1. The van der Waals surface area contributed by atoms with E-state index in [0.29, 0.717) is 11.3 Å². The summed E-state index contributed by atoms with van der Waals surface area (Å²) >= 11 is 36.1. The molecule has 0 aliphatic carbocycles. The Hall–Kier alpha value is -1.27. The molecule has 0 amide bonds. The Bertz CT molecular complexity index is 1240. The van der Waals surface area contributed by atoms with Crippen molar-refractivity contribution in [2.45, 2.75) is 7.59 Å². The third-order valence-corrected chi connectivity index (χ3v) is 5.46. The summed E-state index contributed by atoms with van der Waals surface area (Å²) < 4.78 is 1.68. The molecule has 0 saturated carbocycles. The van der Waals surface area contributed by atoms with Crippen molar-refractivity contribution in [3.05, 3.63) is 60.2 Å². The van der Waals surface area contributed by atoms with Crippen molar-refractivity contribution in [3.8, 4) is 17.1 Å². The standard InChI is InChI=1S/C20H11Cl6N3O/c1-30-15-7-6-12(13-8-10-4-2-3-5-11(10)9-14(13)15)16-27-17(19(21,22)23)29-18(28-16)20(24,25)26/h2-9H,1H3. The monoisotopic (exact) mass is 519 g/mol. The van der Waals surface area contributed by atoms with Crippen LogP contribution < -0.4 is 4.74 Å². The van der Waals surface area contributed by atoms with Gasteiger partial charge in [-0.15, -0.1) is 0 Å². The van der Waals surface area contributed by atoms with Crippen molar-refractivity contribution >= 4 is 91.2 Å². The lowest BCUT2D eigenvalue weighted by molar-refractivity contribution is 0.420. The predicted molar refractivity (Wildman–Crippen MR) is 125 cm³/mol. The van der Waals surface area contributed by atoms with Gasteiger partial charge in [0.2, 0.25) is 7.59 Å². The Kier molecular flexibility index (Phi) is 5.86. The molecule has 3 aromatic carbocycles. The molecule has 0 aliphatic rings. The Balaban J connectivity index is 2.07. The van der Waals surface area contributed by atoms with Gasteiger partial charge in [-0.3, -0.25) is 0 Å². The number of hydrogen-bond donors (Lipinski definition) is 0. The van der Waals surface area contributed by atoms with E-state index in [1.165, 1.54) is 0 Å². The minimum atomic E-state index is -1.93. The summed E-state index contributed by atoms with van der Waals surface area (Å²) in [5, 5.41) is 3.77. The van der Waals surface area contributed by atoms with Crippen LogP contribution in [-0.4, -0.2) is 22.1 Å². The van der Waals surface area contributed by atoms with E-state index in [0.717, 1.165) is 21.5 Å². The van der Waals surface area contributed by atoms with E-state index in [1.807, 2.05) is 36.4 Å². The zero-order valence-corrected chi connectivity index (χ0v) is 19.7. The largest absolute Gasteiger partial charge is 0.496 e. The van der Waals surface area contributed by atoms with Gasteiger partial charge in [-0.25, -0.2) is 15.0 Å². The van der Waals surface area contributed by atoms with Crippen molar-refractivity contribution in [1.82, 2.24) is 15.0 Å². The zero-order chi connectivity index (χ0) is 21.7. The Labute approximate surface area is 202 Å². The molecule has 1 aromatic heterocycles. The molecule has 0 radical (unpaired) electrons. The van der Waals surface area contributed by atoms with Crippen LogP contribution in [0.15, 0.2) is 48.5 Å². The number of ether oxygens (including phenoxy) is 1. The van der Waals surface area contributed by atoms with Crippen LogP contribution in [0, 0.1) is 0 Å². The first-order valence-electron chi connectivity index (χ1n) is 8.48. The van der Waals surface area contributed by atoms with Crippen LogP contribution in [0.4, 0.5) is 0 Å². The normalized spacial score (nSPS) is 12.5. The summed E-state index contributed by atoms with van der Waals surface area (Å²) in [7, 11) is 1.61. The molecule has 4 aromatic rings. The molecule has 10 heteroatoms. The van der Waals surface area contributed by atoms with Gasteiger partial charge in [-0.2, -0.15) is 0 Å². The SMILES string of the molecule is COc1ccc(-c2nc(C(Cl)(Cl)Cl)nc(C(Cl)(Cl)Cl)n2)c2cc3ccccc3cc12. The molecule has 0 N–H and O–H groups in total. The summed E-state index contributed by atoms with van der Waals surface area (Å²) in [5.74, 6) is 0.597. The molecule has 0 saturated heterocycles. The highest BCUT2D eigenvalue weighted by Crippen LogP contribution is 2.42. The topological polar surface area (TPSA) is 47.9 Å². The second-order valence-electron chi connectivity index (χ2n) is 6.36. The van der Waals surface area contributed by atoms with Gasteiger partial charge in [0.05, 0.1) is 7.11 Å². The van der Waals surface area contributed by atoms with Crippen molar-refractivity contribution in [2.75, 3.05) is 7.11 Å². The van der Waals surface area contributed by atoms with Crippen LogP contribution in [0.1, 0.15) is 11.6 Å². The van der Waals surface area contributed by atoms with Crippen molar-refractivity contribution in [3.63, 3.8) is 0 Å². The molecule has 0 unspecified atom stereocenters. The van der Waals surface area contributed by atoms with E-state index in [2.05, 4.69) is 15.0 Å². The third-order valence-electron chi connectivity index (χ3n) is 4.45. The van der Waals surface area contributed by atoms with Crippen LogP contribution >= 0.6 is 69.6 Å². The van der Waals surface area contributed by atoms with Gasteiger partial charge in [0.1, 0.15) is 5.75 Å². The Morgan fingerprint density at radius 3 is 1.73 bits per heavy atom. The third kappa shape index (κ3) is 4.22. The maximum absolute atomic E-state index is 6.01. The van der Waals surface area contributed by atoms with Crippen LogP contribution in [0.25, 0.3) is 32.9 Å². The van der Waals surface area contributed by atoms with Gasteiger partial charge >= 0.3 is 0 Å². The second-order valence-corrected chi connectivity index (χ2v) is 10.9. The second kappa shape index (κ2) is 8.01. The van der Waals surface area contributed by atoms with Crippen LogP contribution in [-0.2, 0) is 7.59 Å². The maximum atomic E-state index is 6.01. The Morgan fingerprint density at radius 2 is 1.23 bits per heavy atom. The number of benzene rings is 3. The molecule has 0 atom stereocenters. The molecule has 1 heterocycles. The zero-order valence-electron chi connectivity index (χ0n) is 15.1. The van der Waals surface area contributed by atoms with Gasteiger partial charge in [0, 0.05) is 10.9 Å². The number of aromatic nitrogens is 3. The number of rotatable bonds is 2. The molecule has 0 bridgehead atoms. The fourth-order valence-corrected chi connectivity index (χ4v) is 3.64. The summed E-state index contributed by atoms with van der Waals surface area (Å²) in [6.45, 7) is 0. The number of fused-ring (bicyclic) bond motifs is 2. The van der Waals surface area contributed by atoms with Gasteiger partial charge in [-0.1, -0.05) is 93.9 Å². The van der Waals surface area contributed by atoms with E-state index in [1.54, 1.807) is 19.2 Å². The molecule has 154 valence electrons. The van der Waals surface area contributed by atoms with Gasteiger partial charge in [0.25, 0.3) is 0 Å². The molecule has 0 aliphatic heterocycles. The van der Waals surface area contributed by atoms with Crippen molar-refractivity contribution in [1.29, 1.82) is 0 Å². The highest BCUT2D eigenvalue weighted by molar-refractivity contribution is 6.67. The van der Waals surface area contributed by atoms with E-state index in [9.17, 15) is 0 Å². The van der Waals surface area contributed by atoms with Gasteiger partial charge in [-0.05, 0) is 40.4 Å². The van der Waals surface area contributed by atoms with Crippen molar-refractivity contribution in [2.24, 2.45) is 0 Å². The minimum Gasteiger partial charge on any atom is -0.496 e. The first kappa shape index (κ1) is 21.9. The smallest absolute Gasteiger partial charge is 0.250 e. The van der Waals surface area contributed by atoms with Crippen LogP contribution in [0.5, 0.6) is 5.75 Å². The quantitative estimate of drug-likeness (QED) is 0.202. The molecular formula is C20H11Cl6N3O. The lowest BCUT2D eigenvalue weighted by Gasteiger charge is -2.17. The number of alkyl halides is 6. The van der Waals surface area contributed by atoms with E-state index >= 15 is 0 Å². The highest BCUT2D eigenvalue weighted by atomic mass is 35.6. The lowest BCUT2D eigenvalue weighted by atomic mass is 9.98. The average molecular weight is 522 g/mol. The molecule has 0 fully saturated rings. The predicted octanol–water partition coefficient (Wildman–Crippen LogP) is 7.51.